The fraction of sp³-hybridized carbons (Fsp3) is 0.200. The van der Waals surface area contributed by atoms with Crippen molar-refractivity contribution < 1.29 is 9.72 Å². The Bertz CT molecular complexity index is 1030. The number of hydrogen-bond acceptors (Lipinski definition) is 6. The number of carbonyl (C=O) groups is 1. The maximum atomic E-state index is 12.4. The third-order valence-corrected chi connectivity index (χ3v) is 5.13. The third-order valence-electron chi connectivity index (χ3n) is 4.22. The summed E-state index contributed by atoms with van der Waals surface area (Å²) in [6, 6.07) is 10.5. The molecule has 1 amide bonds. The SMILES string of the molecule is Cc1ccc(N=C2NC(=O)/C(=C/c3cc([N+](=O)[O-])ccc3N(C)C)S2)c(C)c1. The van der Waals surface area contributed by atoms with Crippen molar-refractivity contribution in [3.8, 4) is 0 Å². The van der Waals surface area contributed by atoms with E-state index in [4.69, 9.17) is 0 Å². The molecule has 0 bridgehead atoms. The predicted molar refractivity (Wildman–Crippen MR) is 114 cm³/mol. The Hall–Kier alpha value is -3.13. The summed E-state index contributed by atoms with van der Waals surface area (Å²) in [6.45, 7) is 3.98. The highest BCUT2D eigenvalue weighted by atomic mass is 32.2. The van der Waals surface area contributed by atoms with Crippen LogP contribution in [0, 0.1) is 24.0 Å². The van der Waals surface area contributed by atoms with Gasteiger partial charge in [0.15, 0.2) is 5.17 Å². The van der Waals surface area contributed by atoms with E-state index in [2.05, 4.69) is 10.3 Å². The Morgan fingerprint density at radius 1 is 1.18 bits per heavy atom. The van der Waals surface area contributed by atoms with Crippen molar-refractivity contribution in [1.82, 2.24) is 5.32 Å². The summed E-state index contributed by atoms with van der Waals surface area (Å²) in [7, 11) is 3.69. The van der Waals surface area contributed by atoms with E-state index in [0.29, 0.717) is 15.6 Å². The zero-order valence-electron chi connectivity index (χ0n) is 16.0. The van der Waals surface area contributed by atoms with Crippen molar-refractivity contribution in [3.05, 3.63) is 68.1 Å². The van der Waals surface area contributed by atoms with Crippen molar-refractivity contribution in [2.45, 2.75) is 13.8 Å². The second-order valence-corrected chi connectivity index (χ2v) is 7.70. The molecule has 0 radical (unpaired) electrons. The molecule has 1 aliphatic heterocycles. The summed E-state index contributed by atoms with van der Waals surface area (Å²) in [5.41, 5.74) is 4.32. The zero-order valence-corrected chi connectivity index (χ0v) is 16.8. The van der Waals surface area contributed by atoms with Gasteiger partial charge < -0.3 is 10.2 Å². The van der Waals surface area contributed by atoms with Gasteiger partial charge in [0.1, 0.15) is 0 Å². The minimum absolute atomic E-state index is 0.0231. The number of rotatable bonds is 4. The number of amidine groups is 1. The highest BCUT2D eigenvalue weighted by Crippen LogP contribution is 2.32. The molecule has 1 saturated heterocycles. The highest BCUT2D eigenvalue weighted by molar-refractivity contribution is 8.18. The first-order valence-corrected chi connectivity index (χ1v) is 9.39. The van der Waals surface area contributed by atoms with E-state index in [1.807, 2.05) is 51.0 Å². The van der Waals surface area contributed by atoms with Gasteiger partial charge in [-0.15, -0.1) is 0 Å². The molecule has 0 saturated carbocycles. The normalized spacial score (nSPS) is 16.5. The van der Waals surface area contributed by atoms with Crippen molar-refractivity contribution >= 4 is 46.0 Å². The quantitative estimate of drug-likeness (QED) is 0.476. The van der Waals surface area contributed by atoms with Gasteiger partial charge in [0, 0.05) is 37.5 Å². The number of nitro benzene ring substituents is 1. The molecule has 0 unspecified atom stereocenters. The fourth-order valence-electron chi connectivity index (χ4n) is 2.84. The molecular formula is C20H20N4O3S. The topological polar surface area (TPSA) is 87.8 Å². The molecule has 1 N–H and O–H groups in total. The van der Waals surface area contributed by atoms with Gasteiger partial charge in [-0.3, -0.25) is 14.9 Å². The van der Waals surface area contributed by atoms with Crippen LogP contribution in [0.3, 0.4) is 0 Å². The van der Waals surface area contributed by atoms with E-state index >= 15 is 0 Å². The summed E-state index contributed by atoms with van der Waals surface area (Å²) < 4.78 is 0. The third kappa shape index (κ3) is 4.23. The van der Waals surface area contributed by atoms with Crippen molar-refractivity contribution in [2.24, 2.45) is 4.99 Å². The molecular weight excluding hydrogens is 376 g/mol. The number of amides is 1. The van der Waals surface area contributed by atoms with Gasteiger partial charge in [0.05, 0.1) is 15.5 Å². The lowest BCUT2D eigenvalue weighted by molar-refractivity contribution is -0.384. The van der Waals surface area contributed by atoms with Gasteiger partial charge in [-0.1, -0.05) is 17.7 Å². The molecule has 1 fully saturated rings. The van der Waals surface area contributed by atoms with Gasteiger partial charge in [-0.05, 0) is 49.4 Å². The van der Waals surface area contributed by atoms with E-state index < -0.39 is 4.92 Å². The number of benzene rings is 2. The summed E-state index contributed by atoms with van der Waals surface area (Å²) >= 11 is 1.22. The molecule has 2 aromatic rings. The number of hydrogen-bond donors (Lipinski definition) is 1. The van der Waals surface area contributed by atoms with Crippen LogP contribution in [-0.2, 0) is 4.79 Å². The maximum absolute atomic E-state index is 12.4. The summed E-state index contributed by atoms with van der Waals surface area (Å²) in [5.74, 6) is -0.273. The van der Waals surface area contributed by atoms with Crippen molar-refractivity contribution in [2.75, 3.05) is 19.0 Å². The zero-order chi connectivity index (χ0) is 20.4. The molecule has 1 aliphatic rings. The van der Waals surface area contributed by atoms with E-state index in [0.717, 1.165) is 22.5 Å². The predicted octanol–water partition coefficient (Wildman–Crippen LogP) is 4.17. The fourth-order valence-corrected chi connectivity index (χ4v) is 3.67. The number of nitrogens with one attached hydrogen (secondary N) is 1. The molecule has 0 atom stereocenters. The van der Waals surface area contributed by atoms with E-state index in [1.165, 1.54) is 23.9 Å². The Labute approximate surface area is 167 Å². The van der Waals surface area contributed by atoms with Crippen LogP contribution in [-0.4, -0.2) is 30.1 Å². The van der Waals surface area contributed by atoms with E-state index in [9.17, 15) is 14.9 Å². The monoisotopic (exact) mass is 396 g/mol. The smallest absolute Gasteiger partial charge is 0.270 e. The summed E-state index contributed by atoms with van der Waals surface area (Å²) in [6.07, 6.45) is 1.66. The van der Waals surface area contributed by atoms with Crippen LogP contribution in [0.25, 0.3) is 6.08 Å². The van der Waals surface area contributed by atoms with Crippen molar-refractivity contribution in [1.29, 1.82) is 0 Å². The average Bonchev–Trinajstić information content (AvgIpc) is 2.96. The first-order chi connectivity index (χ1) is 13.2. The second kappa shape index (κ2) is 7.85. The van der Waals surface area contributed by atoms with Crippen LogP contribution in [0.1, 0.15) is 16.7 Å². The van der Waals surface area contributed by atoms with Gasteiger partial charge in [0.2, 0.25) is 0 Å². The molecule has 144 valence electrons. The van der Waals surface area contributed by atoms with E-state index in [-0.39, 0.29) is 11.6 Å². The highest BCUT2D eigenvalue weighted by Gasteiger charge is 2.25. The minimum atomic E-state index is -0.448. The summed E-state index contributed by atoms with van der Waals surface area (Å²) in [4.78, 5) is 29.9. The van der Waals surface area contributed by atoms with Gasteiger partial charge >= 0.3 is 0 Å². The standard InChI is InChI=1S/C20H20N4O3S/c1-12-5-7-16(13(2)9-12)21-20-22-19(25)18(28-20)11-14-10-15(24(26)27)6-8-17(14)23(3)4/h5-11H,1-4H3,(H,21,22,25)/b18-11-. The first-order valence-electron chi connectivity index (χ1n) is 8.57. The molecule has 8 heteroatoms. The molecule has 0 aromatic heterocycles. The number of non-ortho nitro benzene ring substituents is 1. The Balaban J connectivity index is 1.95. The summed E-state index contributed by atoms with van der Waals surface area (Å²) in [5, 5.41) is 14.4. The first kappa shape index (κ1) is 19.6. The molecule has 0 aliphatic carbocycles. The number of thioether (sulfide) groups is 1. The molecule has 2 aromatic carbocycles. The van der Waals surface area contributed by atoms with Crippen LogP contribution in [0.2, 0.25) is 0 Å². The van der Waals surface area contributed by atoms with Crippen molar-refractivity contribution in [3.63, 3.8) is 0 Å². The number of nitro groups is 1. The lowest BCUT2D eigenvalue weighted by Gasteiger charge is -2.15. The Kier molecular flexibility index (Phi) is 5.51. The van der Waals surface area contributed by atoms with Gasteiger partial charge in [-0.25, -0.2) is 4.99 Å². The molecule has 0 spiro atoms. The Morgan fingerprint density at radius 3 is 2.57 bits per heavy atom. The van der Waals surface area contributed by atoms with Crippen LogP contribution < -0.4 is 10.2 Å². The second-order valence-electron chi connectivity index (χ2n) is 6.67. The van der Waals surface area contributed by atoms with E-state index in [1.54, 1.807) is 12.1 Å². The lowest BCUT2D eigenvalue weighted by Crippen LogP contribution is -2.19. The average molecular weight is 396 g/mol. The number of carbonyl (C=O) groups excluding carboxylic acids is 1. The number of nitrogens with zero attached hydrogens (tertiary/aromatic N) is 3. The van der Waals surface area contributed by atoms with Crippen LogP contribution >= 0.6 is 11.8 Å². The van der Waals surface area contributed by atoms with Gasteiger partial charge in [-0.2, -0.15) is 0 Å². The number of aliphatic imine (C=N–C) groups is 1. The number of aryl methyl sites for hydroxylation is 2. The molecule has 1 heterocycles. The van der Waals surface area contributed by atoms with Crippen LogP contribution in [0.5, 0.6) is 0 Å². The maximum Gasteiger partial charge on any atom is 0.270 e. The molecule has 7 nitrogen and oxygen atoms in total. The Morgan fingerprint density at radius 2 is 1.93 bits per heavy atom. The lowest BCUT2D eigenvalue weighted by atomic mass is 10.1. The molecule has 3 rings (SSSR count). The van der Waals surface area contributed by atoms with Crippen LogP contribution in [0.15, 0.2) is 46.3 Å². The number of anilines is 1. The van der Waals surface area contributed by atoms with Crippen LogP contribution in [0.4, 0.5) is 17.1 Å². The van der Waals surface area contributed by atoms with Gasteiger partial charge in [0.25, 0.3) is 11.6 Å². The minimum Gasteiger partial charge on any atom is -0.377 e. The largest absolute Gasteiger partial charge is 0.377 e. The molecule has 28 heavy (non-hydrogen) atoms.